The second-order valence-electron chi connectivity index (χ2n) is 5.08. The number of halogens is 1. The molecule has 0 fully saturated rings. The van der Waals surface area contributed by atoms with E-state index in [-0.39, 0.29) is 11.6 Å². The summed E-state index contributed by atoms with van der Waals surface area (Å²) in [6, 6.07) is 6.74. The van der Waals surface area contributed by atoms with Crippen molar-refractivity contribution < 1.29 is 9.13 Å². The summed E-state index contributed by atoms with van der Waals surface area (Å²) in [5.41, 5.74) is 4.48. The molecule has 0 amide bonds. The molecule has 3 rings (SSSR count). The zero-order valence-electron chi connectivity index (χ0n) is 12.4. The maximum Gasteiger partial charge on any atom is 0.165 e. The van der Waals surface area contributed by atoms with Gasteiger partial charge < -0.3 is 4.74 Å². The average molecular weight is 285 g/mol. The topological polar surface area (TPSA) is 39.9 Å². The number of pyridine rings is 1. The minimum absolute atomic E-state index is 0.216. The first-order valence-electron chi connectivity index (χ1n) is 6.66. The molecule has 4 nitrogen and oxygen atoms in total. The molecule has 5 heteroatoms. The molecule has 0 radical (unpaired) electrons. The van der Waals surface area contributed by atoms with Crippen LogP contribution >= 0.6 is 0 Å². The van der Waals surface area contributed by atoms with Crippen LogP contribution in [0.1, 0.15) is 11.3 Å². The second-order valence-corrected chi connectivity index (χ2v) is 5.08. The molecule has 21 heavy (non-hydrogen) atoms. The van der Waals surface area contributed by atoms with Crippen molar-refractivity contribution in [2.75, 3.05) is 7.11 Å². The quantitative estimate of drug-likeness (QED) is 0.724. The molecule has 0 aliphatic rings. The lowest BCUT2D eigenvalue weighted by Gasteiger charge is -2.07. The maximum atomic E-state index is 13.5. The van der Waals surface area contributed by atoms with Crippen molar-refractivity contribution in [2.45, 2.75) is 13.8 Å². The van der Waals surface area contributed by atoms with Gasteiger partial charge in [0.05, 0.1) is 18.5 Å². The summed E-state index contributed by atoms with van der Waals surface area (Å²) in [6.45, 7) is 4.00. The lowest BCUT2D eigenvalue weighted by Crippen LogP contribution is -1.95. The molecule has 0 atom stereocenters. The Morgan fingerprint density at radius 2 is 1.95 bits per heavy atom. The van der Waals surface area contributed by atoms with Gasteiger partial charge in [0, 0.05) is 18.0 Å². The monoisotopic (exact) mass is 285 g/mol. The van der Waals surface area contributed by atoms with E-state index in [0.717, 1.165) is 33.5 Å². The largest absolute Gasteiger partial charge is 0.494 e. The van der Waals surface area contributed by atoms with Gasteiger partial charge in [0.15, 0.2) is 17.2 Å². The Morgan fingerprint density at radius 3 is 2.67 bits per heavy atom. The number of benzene rings is 1. The molecule has 0 aliphatic heterocycles. The molecule has 1 aromatic carbocycles. The van der Waals surface area contributed by atoms with Gasteiger partial charge in [-0.25, -0.2) is 9.37 Å². The van der Waals surface area contributed by atoms with E-state index >= 15 is 0 Å². The van der Waals surface area contributed by atoms with Crippen molar-refractivity contribution in [3.63, 3.8) is 0 Å². The van der Waals surface area contributed by atoms with Crippen LogP contribution in [0.2, 0.25) is 0 Å². The van der Waals surface area contributed by atoms with Crippen LogP contribution in [0.15, 0.2) is 24.3 Å². The van der Waals surface area contributed by atoms with Gasteiger partial charge >= 0.3 is 0 Å². The first-order chi connectivity index (χ1) is 10.0. The Kier molecular flexibility index (Phi) is 3.12. The first-order valence-corrected chi connectivity index (χ1v) is 6.66. The summed E-state index contributed by atoms with van der Waals surface area (Å²) in [5, 5.41) is 5.47. The molecule has 108 valence electrons. The van der Waals surface area contributed by atoms with E-state index in [0.29, 0.717) is 0 Å². The third-order valence-corrected chi connectivity index (χ3v) is 3.61. The van der Waals surface area contributed by atoms with Crippen LogP contribution in [-0.4, -0.2) is 21.9 Å². The summed E-state index contributed by atoms with van der Waals surface area (Å²) < 4.78 is 20.3. The van der Waals surface area contributed by atoms with Crippen molar-refractivity contribution >= 4 is 11.0 Å². The fraction of sp³-hybridized carbons (Fsp3) is 0.250. The van der Waals surface area contributed by atoms with E-state index in [1.165, 1.54) is 13.2 Å². The maximum absolute atomic E-state index is 13.5. The Balaban J connectivity index is 2.23. The summed E-state index contributed by atoms with van der Waals surface area (Å²) in [6.07, 6.45) is 0. The minimum Gasteiger partial charge on any atom is -0.494 e. The summed E-state index contributed by atoms with van der Waals surface area (Å²) in [7, 11) is 3.32. The lowest BCUT2D eigenvalue weighted by atomic mass is 10.1. The van der Waals surface area contributed by atoms with Crippen LogP contribution in [0, 0.1) is 19.7 Å². The van der Waals surface area contributed by atoms with Crippen LogP contribution in [0.3, 0.4) is 0 Å². The molecule has 0 bridgehead atoms. The van der Waals surface area contributed by atoms with Crippen LogP contribution in [0.5, 0.6) is 5.75 Å². The number of hydrogen-bond acceptors (Lipinski definition) is 3. The molecule has 3 aromatic rings. The fourth-order valence-electron chi connectivity index (χ4n) is 2.63. The predicted molar refractivity (Wildman–Crippen MR) is 79.9 cm³/mol. The van der Waals surface area contributed by atoms with E-state index in [1.54, 1.807) is 16.8 Å². The van der Waals surface area contributed by atoms with Crippen LogP contribution < -0.4 is 4.74 Å². The van der Waals surface area contributed by atoms with Gasteiger partial charge in [-0.05, 0) is 43.7 Å². The molecule has 0 spiro atoms. The standard InChI is InChI=1S/C16H16FN3O/c1-9-7-13(11-5-6-12(17)14(8-11)21-4)18-16-15(9)10(2)19-20(16)3/h5-8H,1-4H3. The van der Waals surface area contributed by atoms with Crippen molar-refractivity contribution in [1.29, 1.82) is 0 Å². The highest BCUT2D eigenvalue weighted by atomic mass is 19.1. The van der Waals surface area contributed by atoms with E-state index in [2.05, 4.69) is 10.1 Å². The third-order valence-electron chi connectivity index (χ3n) is 3.61. The van der Waals surface area contributed by atoms with Gasteiger partial charge in [0.1, 0.15) is 0 Å². The molecule has 0 N–H and O–H groups in total. The summed E-state index contributed by atoms with van der Waals surface area (Å²) in [4.78, 5) is 4.65. The number of methoxy groups -OCH3 is 1. The highest BCUT2D eigenvalue weighted by molar-refractivity contribution is 5.84. The first kappa shape index (κ1) is 13.5. The number of rotatable bonds is 2. The van der Waals surface area contributed by atoms with Crippen molar-refractivity contribution in [3.05, 3.63) is 41.3 Å². The number of aryl methyl sites for hydroxylation is 3. The van der Waals surface area contributed by atoms with Gasteiger partial charge in [-0.3, -0.25) is 4.68 Å². The molecule has 0 unspecified atom stereocenters. The third kappa shape index (κ3) is 2.14. The van der Waals surface area contributed by atoms with Gasteiger partial charge in [-0.15, -0.1) is 0 Å². The highest BCUT2D eigenvalue weighted by Gasteiger charge is 2.13. The smallest absolute Gasteiger partial charge is 0.165 e. The van der Waals surface area contributed by atoms with Crippen LogP contribution in [0.25, 0.3) is 22.3 Å². The van der Waals surface area contributed by atoms with Gasteiger partial charge in [-0.2, -0.15) is 5.10 Å². The van der Waals surface area contributed by atoms with E-state index in [1.807, 2.05) is 27.0 Å². The molecule has 0 saturated carbocycles. The molecule has 2 aromatic heterocycles. The highest BCUT2D eigenvalue weighted by Crippen LogP contribution is 2.29. The van der Waals surface area contributed by atoms with Gasteiger partial charge in [0.2, 0.25) is 0 Å². The molecular formula is C16H16FN3O. The van der Waals surface area contributed by atoms with Crippen LogP contribution in [0.4, 0.5) is 4.39 Å². The summed E-state index contributed by atoms with van der Waals surface area (Å²) >= 11 is 0. The Hall–Kier alpha value is -2.43. The number of fused-ring (bicyclic) bond motifs is 1. The molecular weight excluding hydrogens is 269 g/mol. The van der Waals surface area contributed by atoms with E-state index in [4.69, 9.17) is 4.74 Å². The molecule has 2 heterocycles. The molecule has 0 saturated heterocycles. The zero-order valence-corrected chi connectivity index (χ0v) is 12.4. The van der Waals surface area contributed by atoms with Gasteiger partial charge in [-0.1, -0.05) is 0 Å². The lowest BCUT2D eigenvalue weighted by molar-refractivity contribution is 0.387. The molecule has 0 aliphatic carbocycles. The van der Waals surface area contributed by atoms with Crippen LogP contribution in [-0.2, 0) is 7.05 Å². The number of nitrogens with zero attached hydrogens (tertiary/aromatic N) is 3. The fourth-order valence-corrected chi connectivity index (χ4v) is 2.63. The SMILES string of the molecule is COc1cc(-c2cc(C)c3c(C)nn(C)c3n2)ccc1F. The second kappa shape index (κ2) is 4.84. The summed E-state index contributed by atoms with van der Waals surface area (Å²) in [5.74, 6) is -0.163. The number of hydrogen-bond donors (Lipinski definition) is 0. The van der Waals surface area contributed by atoms with Gasteiger partial charge in [0.25, 0.3) is 0 Å². The average Bonchev–Trinajstić information content (AvgIpc) is 2.74. The predicted octanol–water partition coefficient (Wildman–Crippen LogP) is 3.40. The number of aromatic nitrogens is 3. The zero-order chi connectivity index (χ0) is 15.1. The Labute approximate surface area is 122 Å². The Morgan fingerprint density at radius 1 is 1.19 bits per heavy atom. The number of ether oxygens (including phenoxy) is 1. The minimum atomic E-state index is -0.379. The van der Waals surface area contributed by atoms with Crippen molar-refractivity contribution in [2.24, 2.45) is 7.05 Å². The van der Waals surface area contributed by atoms with E-state index in [9.17, 15) is 4.39 Å². The van der Waals surface area contributed by atoms with E-state index < -0.39 is 0 Å². The normalized spacial score (nSPS) is 11.1. The Bertz CT molecular complexity index is 839. The van der Waals surface area contributed by atoms with Crippen molar-refractivity contribution in [1.82, 2.24) is 14.8 Å². The van der Waals surface area contributed by atoms with Crippen molar-refractivity contribution in [3.8, 4) is 17.0 Å².